The summed E-state index contributed by atoms with van der Waals surface area (Å²) in [6, 6.07) is 8.28. The zero-order chi connectivity index (χ0) is 17.2. The summed E-state index contributed by atoms with van der Waals surface area (Å²) in [5, 5.41) is 0. The molecule has 0 aromatic heterocycles. The zero-order valence-corrected chi connectivity index (χ0v) is 15.0. The second-order valence-corrected chi connectivity index (χ2v) is 7.40. The summed E-state index contributed by atoms with van der Waals surface area (Å²) in [5.74, 6) is 0.988. The molecule has 2 aliphatic rings. The van der Waals surface area contributed by atoms with Crippen molar-refractivity contribution in [2.24, 2.45) is 5.41 Å². The Labute approximate surface area is 144 Å². The quantitative estimate of drug-likeness (QED) is 0.847. The Morgan fingerprint density at radius 1 is 1.38 bits per heavy atom. The van der Waals surface area contributed by atoms with Crippen LogP contribution in [0.5, 0.6) is 5.75 Å². The van der Waals surface area contributed by atoms with Crippen molar-refractivity contribution in [3.8, 4) is 5.75 Å². The fourth-order valence-corrected chi connectivity index (χ4v) is 3.95. The summed E-state index contributed by atoms with van der Waals surface area (Å²) in [7, 11) is 5.29. The van der Waals surface area contributed by atoms with Crippen molar-refractivity contribution in [1.82, 2.24) is 9.80 Å². The van der Waals surface area contributed by atoms with Crippen LogP contribution in [0.4, 0.5) is 0 Å². The molecule has 24 heavy (non-hydrogen) atoms. The largest absolute Gasteiger partial charge is 0.497 e. The van der Waals surface area contributed by atoms with Gasteiger partial charge in [0, 0.05) is 32.6 Å². The van der Waals surface area contributed by atoms with Crippen molar-refractivity contribution in [2.45, 2.75) is 31.9 Å². The second-order valence-electron chi connectivity index (χ2n) is 7.40. The van der Waals surface area contributed by atoms with Gasteiger partial charge in [0.05, 0.1) is 13.7 Å². The van der Waals surface area contributed by atoms with Gasteiger partial charge in [0.2, 0.25) is 0 Å². The molecule has 2 atom stereocenters. The maximum absolute atomic E-state index is 12.2. The minimum absolute atomic E-state index is 0.0964. The second kappa shape index (κ2) is 7.11. The molecule has 1 aromatic rings. The predicted octanol–water partition coefficient (Wildman–Crippen LogP) is 2.15. The molecule has 0 unspecified atom stereocenters. The lowest BCUT2D eigenvalue weighted by atomic mass is 9.78. The van der Waals surface area contributed by atoms with E-state index in [9.17, 15) is 4.79 Å². The van der Waals surface area contributed by atoms with Crippen LogP contribution < -0.4 is 4.74 Å². The first kappa shape index (κ1) is 17.2. The normalized spacial score (nSPS) is 27.4. The molecule has 5 nitrogen and oxygen atoms in total. The van der Waals surface area contributed by atoms with E-state index in [4.69, 9.17) is 9.47 Å². The molecular formula is C19H28N2O3. The molecule has 5 heteroatoms. The van der Waals surface area contributed by atoms with Gasteiger partial charge in [-0.25, -0.2) is 0 Å². The number of likely N-dealkylation sites (tertiary alicyclic amines) is 1. The molecule has 2 heterocycles. The molecule has 0 saturated carbocycles. The fraction of sp³-hybridized carbons (Fsp3) is 0.632. The number of benzene rings is 1. The summed E-state index contributed by atoms with van der Waals surface area (Å²) in [6.45, 7) is 3.77. The molecule has 2 aliphatic heterocycles. The number of ether oxygens (including phenoxy) is 2. The number of rotatable bonds is 4. The lowest BCUT2D eigenvalue weighted by molar-refractivity contribution is -0.138. The van der Waals surface area contributed by atoms with Gasteiger partial charge in [-0.1, -0.05) is 12.1 Å². The Bertz CT molecular complexity index is 572. The maximum atomic E-state index is 12.2. The highest BCUT2D eigenvalue weighted by Gasteiger charge is 2.45. The van der Waals surface area contributed by atoms with E-state index in [2.05, 4.69) is 17.0 Å². The first-order valence-electron chi connectivity index (χ1n) is 8.69. The summed E-state index contributed by atoms with van der Waals surface area (Å²) in [5.41, 5.74) is 1.44. The third-order valence-corrected chi connectivity index (χ3v) is 5.23. The van der Waals surface area contributed by atoms with Crippen LogP contribution in [0.3, 0.4) is 0 Å². The third kappa shape index (κ3) is 3.73. The van der Waals surface area contributed by atoms with Crippen LogP contribution in [0.1, 0.15) is 24.8 Å². The summed E-state index contributed by atoms with van der Waals surface area (Å²) in [4.78, 5) is 16.3. The molecule has 132 valence electrons. The summed E-state index contributed by atoms with van der Waals surface area (Å²) in [6.07, 6.45) is 2.91. The van der Waals surface area contributed by atoms with E-state index < -0.39 is 0 Å². The lowest BCUT2D eigenvalue weighted by Gasteiger charge is -2.39. The minimum Gasteiger partial charge on any atom is -0.497 e. The van der Waals surface area contributed by atoms with Gasteiger partial charge < -0.3 is 14.4 Å². The smallest absolute Gasteiger partial charge is 0.251 e. The van der Waals surface area contributed by atoms with Gasteiger partial charge >= 0.3 is 0 Å². The lowest BCUT2D eigenvalue weighted by Crippen LogP contribution is -2.44. The van der Waals surface area contributed by atoms with Gasteiger partial charge in [-0.3, -0.25) is 9.69 Å². The van der Waals surface area contributed by atoms with E-state index in [1.165, 1.54) is 12.0 Å². The number of carbonyl (C=O) groups excluding carboxylic acids is 1. The Balaban J connectivity index is 1.61. The minimum atomic E-state index is -0.263. The fourth-order valence-electron chi connectivity index (χ4n) is 3.95. The molecule has 1 spiro atoms. The van der Waals surface area contributed by atoms with Crippen molar-refractivity contribution in [1.29, 1.82) is 0 Å². The third-order valence-electron chi connectivity index (χ3n) is 5.23. The Kier molecular flexibility index (Phi) is 5.11. The topological polar surface area (TPSA) is 42.0 Å². The maximum Gasteiger partial charge on any atom is 0.251 e. The van der Waals surface area contributed by atoms with Crippen LogP contribution in [-0.2, 0) is 16.1 Å². The van der Waals surface area contributed by atoms with E-state index in [1.807, 2.05) is 12.1 Å². The Hall–Kier alpha value is -1.59. The highest BCUT2D eigenvalue weighted by atomic mass is 16.5. The van der Waals surface area contributed by atoms with Gasteiger partial charge in [-0.05, 0) is 43.5 Å². The van der Waals surface area contributed by atoms with Gasteiger partial charge in [0.1, 0.15) is 11.9 Å². The molecule has 0 bridgehead atoms. The van der Waals surface area contributed by atoms with E-state index in [1.54, 1.807) is 26.1 Å². The number of methoxy groups -OCH3 is 1. The van der Waals surface area contributed by atoms with Crippen molar-refractivity contribution in [2.75, 3.05) is 40.9 Å². The number of amides is 1. The molecule has 2 fully saturated rings. The SMILES string of the molecule is COc1ccc(CN2CCC[C@]3(CO[C@H](C(=O)N(C)C)C3)C2)cc1. The molecule has 1 amide bonds. The van der Waals surface area contributed by atoms with Crippen LogP contribution in [0.15, 0.2) is 24.3 Å². The number of nitrogens with zero attached hydrogens (tertiary/aromatic N) is 2. The molecular weight excluding hydrogens is 304 g/mol. The first-order chi connectivity index (χ1) is 11.5. The van der Waals surface area contributed by atoms with Crippen LogP contribution in [0, 0.1) is 5.41 Å². The number of piperidine rings is 1. The highest BCUT2D eigenvalue weighted by molar-refractivity contribution is 5.80. The van der Waals surface area contributed by atoms with Crippen molar-refractivity contribution >= 4 is 5.91 Å². The number of carbonyl (C=O) groups is 1. The summed E-state index contributed by atoms with van der Waals surface area (Å²) >= 11 is 0. The van der Waals surface area contributed by atoms with Crippen molar-refractivity contribution in [3.05, 3.63) is 29.8 Å². The van der Waals surface area contributed by atoms with E-state index in [0.717, 1.165) is 38.2 Å². The average Bonchev–Trinajstić information content (AvgIpc) is 2.98. The summed E-state index contributed by atoms with van der Waals surface area (Å²) < 4.78 is 11.1. The van der Waals surface area contributed by atoms with E-state index in [-0.39, 0.29) is 17.4 Å². The van der Waals surface area contributed by atoms with Crippen LogP contribution in [-0.4, -0.2) is 62.7 Å². The Morgan fingerprint density at radius 2 is 2.12 bits per heavy atom. The monoisotopic (exact) mass is 332 g/mol. The number of likely N-dealkylation sites (N-methyl/N-ethyl adjacent to an activating group) is 1. The van der Waals surface area contributed by atoms with Crippen molar-refractivity contribution in [3.63, 3.8) is 0 Å². The average molecular weight is 332 g/mol. The molecule has 0 N–H and O–H groups in total. The molecule has 1 aromatic carbocycles. The van der Waals surface area contributed by atoms with E-state index >= 15 is 0 Å². The van der Waals surface area contributed by atoms with Gasteiger partial charge in [0.25, 0.3) is 5.91 Å². The first-order valence-corrected chi connectivity index (χ1v) is 8.69. The van der Waals surface area contributed by atoms with Crippen molar-refractivity contribution < 1.29 is 14.3 Å². The van der Waals surface area contributed by atoms with Crippen LogP contribution in [0.2, 0.25) is 0 Å². The van der Waals surface area contributed by atoms with Crippen LogP contribution >= 0.6 is 0 Å². The Morgan fingerprint density at radius 3 is 2.79 bits per heavy atom. The van der Waals surface area contributed by atoms with Gasteiger partial charge in [-0.15, -0.1) is 0 Å². The standard InChI is InChI=1S/C19H28N2O3/c1-20(2)18(22)17-11-19(14-24-17)9-4-10-21(13-19)12-15-5-7-16(23-3)8-6-15/h5-8,17H,4,9-14H2,1-3H3/t17-,19+/m0/s1. The molecule has 2 saturated heterocycles. The van der Waals surface area contributed by atoms with Crippen LogP contribution in [0.25, 0.3) is 0 Å². The number of hydrogen-bond donors (Lipinski definition) is 0. The predicted molar refractivity (Wildman–Crippen MR) is 93.0 cm³/mol. The van der Waals surface area contributed by atoms with E-state index in [0.29, 0.717) is 6.61 Å². The molecule has 3 rings (SSSR count). The molecule has 0 radical (unpaired) electrons. The van der Waals surface area contributed by atoms with Gasteiger partial charge in [0.15, 0.2) is 0 Å². The van der Waals surface area contributed by atoms with Gasteiger partial charge in [-0.2, -0.15) is 0 Å². The zero-order valence-electron chi connectivity index (χ0n) is 15.0. The number of hydrogen-bond acceptors (Lipinski definition) is 4. The molecule has 0 aliphatic carbocycles. The highest BCUT2D eigenvalue weighted by Crippen LogP contribution is 2.41.